The zero-order valence-electron chi connectivity index (χ0n) is 11.2. The fourth-order valence-electron chi connectivity index (χ4n) is 2.88. The molecule has 0 N–H and O–H groups in total. The lowest BCUT2D eigenvalue weighted by Crippen LogP contribution is -2.32. The lowest BCUT2D eigenvalue weighted by molar-refractivity contribution is -0.337. The molecule has 0 amide bonds. The van der Waals surface area contributed by atoms with Crippen molar-refractivity contribution in [1.82, 2.24) is 0 Å². The fraction of sp³-hybridized carbons (Fsp3) is 0.176. The minimum Gasteiger partial charge on any atom is -0.342 e. The van der Waals surface area contributed by atoms with Gasteiger partial charge in [0.05, 0.1) is 0 Å². The van der Waals surface area contributed by atoms with Crippen molar-refractivity contribution in [3.8, 4) is 0 Å². The van der Waals surface area contributed by atoms with Crippen molar-refractivity contribution in [2.75, 3.05) is 11.9 Å². The highest BCUT2D eigenvalue weighted by Crippen LogP contribution is 2.44. The van der Waals surface area contributed by atoms with Crippen molar-refractivity contribution in [3.63, 3.8) is 0 Å². The Morgan fingerprint density at radius 2 is 1.65 bits per heavy atom. The topological polar surface area (TPSA) is 21.7 Å². The molecule has 0 fully saturated rings. The number of para-hydroxylation sites is 1. The summed E-state index contributed by atoms with van der Waals surface area (Å²) < 4.78 is 0. The highest BCUT2D eigenvalue weighted by Gasteiger charge is 2.37. The molecule has 2 aliphatic rings. The Balaban J connectivity index is 1.78. The van der Waals surface area contributed by atoms with E-state index in [1.165, 1.54) is 16.8 Å². The average Bonchev–Trinajstić information content (AvgIpc) is 2.81. The smallest absolute Gasteiger partial charge is 0.191 e. The predicted octanol–water partition coefficient (Wildman–Crippen LogP) is 3.55. The molecule has 3 heteroatoms. The van der Waals surface area contributed by atoms with Gasteiger partial charge in [-0.2, -0.15) is 0 Å². The van der Waals surface area contributed by atoms with Crippen LogP contribution < -0.4 is 4.90 Å². The van der Waals surface area contributed by atoms with E-state index in [4.69, 9.17) is 9.78 Å². The zero-order chi connectivity index (χ0) is 13.5. The first-order valence-corrected chi connectivity index (χ1v) is 6.75. The maximum atomic E-state index is 5.62. The molecule has 2 atom stereocenters. The first kappa shape index (κ1) is 11.7. The maximum Gasteiger partial charge on any atom is 0.191 e. The number of hydrogen-bond acceptors (Lipinski definition) is 3. The quantitative estimate of drug-likeness (QED) is 0.736. The zero-order valence-corrected chi connectivity index (χ0v) is 11.2. The Hall–Kier alpha value is -2.10. The Morgan fingerprint density at radius 1 is 0.900 bits per heavy atom. The number of likely N-dealkylation sites (N-methyl/N-ethyl adjacent to an activating group) is 1. The van der Waals surface area contributed by atoms with Gasteiger partial charge in [-0.05, 0) is 17.7 Å². The molecule has 0 aromatic heterocycles. The van der Waals surface area contributed by atoms with Crippen LogP contribution in [0.15, 0.2) is 60.7 Å². The molecule has 20 heavy (non-hydrogen) atoms. The van der Waals surface area contributed by atoms with E-state index < -0.39 is 0 Å². The second-order valence-electron chi connectivity index (χ2n) is 5.13. The highest BCUT2D eigenvalue weighted by molar-refractivity contribution is 5.87. The monoisotopic (exact) mass is 265 g/mol. The maximum absolute atomic E-state index is 5.62. The van der Waals surface area contributed by atoms with Gasteiger partial charge >= 0.3 is 0 Å². The normalized spacial score (nSPS) is 24.1. The van der Waals surface area contributed by atoms with Crippen LogP contribution in [0.2, 0.25) is 0 Å². The Kier molecular flexibility index (Phi) is 2.62. The van der Waals surface area contributed by atoms with Crippen molar-refractivity contribution in [2.24, 2.45) is 0 Å². The van der Waals surface area contributed by atoms with Gasteiger partial charge in [0.25, 0.3) is 0 Å². The number of benzene rings is 2. The summed E-state index contributed by atoms with van der Waals surface area (Å²) in [5.41, 5.74) is 4.69. The average molecular weight is 265 g/mol. The van der Waals surface area contributed by atoms with Crippen LogP contribution >= 0.6 is 0 Å². The van der Waals surface area contributed by atoms with Gasteiger partial charge in [-0.15, -0.1) is 0 Å². The molecule has 0 saturated heterocycles. The summed E-state index contributed by atoms with van der Waals surface area (Å²) >= 11 is 0. The van der Waals surface area contributed by atoms with Crippen molar-refractivity contribution >= 4 is 11.3 Å². The van der Waals surface area contributed by atoms with E-state index in [1.807, 2.05) is 31.3 Å². The molecule has 2 aliphatic heterocycles. The standard InChI is InChI=1S/C17H15NO2/c1-18-15-10-6-5-9-13(15)14-11-16(19-20-17(14)18)12-7-3-2-4-8-12/h2-11,16-17H,1H3/t16-,17-/m0/s1. The van der Waals surface area contributed by atoms with Crippen LogP contribution in [0.4, 0.5) is 5.69 Å². The first-order valence-electron chi connectivity index (χ1n) is 6.75. The SMILES string of the molecule is CN1c2ccccc2C2=C[C@@H](c3ccccc3)OO[C@@H]21. The van der Waals surface area contributed by atoms with Crippen LogP contribution in [0.1, 0.15) is 17.2 Å². The molecule has 0 bridgehead atoms. The molecule has 0 unspecified atom stereocenters. The summed E-state index contributed by atoms with van der Waals surface area (Å²) in [6, 6.07) is 18.5. The van der Waals surface area contributed by atoms with Crippen molar-refractivity contribution in [3.05, 3.63) is 71.8 Å². The van der Waals surface area contributed by atoms with Gasteiger partial charge in [0.2, 0.25) is 0 Å². The van der Waals surface area contributed by atoms with E-state index in [-0.39, 0.29) is 12.3 Å². The van der Waals surface area contributed by atoms with Crippen LogP contribution in [-0.2, 0) is 9.78 Å². The third-order valence-corrected chi connectivity index (χ3v) is 3.92. The summed E-state index contributed by atoms with van der Waals surface area (Å²) in [6.45, 7) is 0. The van der Waals surface area contributed by atoms with Gasteiger partial charge < -0.3 is 4.90 Å². The van der Waals surface area contributed by atoms with Crippen LogP contribution in [0.5, 0.6) is 0 Å². The summed E-state index contributed by atoms with van der Waals surface area (Å²) in [4.78, 5) is 13.3. The molecule has 2 aromatic carbocycles. The van der Waals surface area contributed by atoms with Crippen molar-refractivity contribution < 1.29 is 9.78 Å². The van der Waals surface area contributed by atoms with Gasteiger partial charge in [0.15, 0.2) is 6.23 Å². The molecule has 0 radical (unpaired) electrons. The van der Waals surface area contributed by atoms with Crippen molar-refractivity contribution in [1.29, 1.82) is 0 Å². The summed E-state index contributed by atoms with van der Waals surface area (Å²) in [5.74, 6) is 0. The first-order chi connectivity index (χ1) is 9.84. The molecule has 3 nitrogen and oxygen atoms in total. The van der Waals surface area contributed by atoms with E-state index >= 15 is 0 Å². The van der Waals surface area contributed by atoms with E-state index in [2.05, 4.69) is 41.3 Å². The number of fused-ring (bicyclic) bond motifs is 3. The van der Waals surface area contributed by atoms with Crippen molar-refractivity contribution in [2.45, 2.75) is 12.3 Å². The summed E-state index contributed by atoms with van der Waals surface area (Å²) in [6.07, 6.45) is 1.86. The van der Waals surface area contributed by atoms with Gasteiger partial charge in [-0.25, -0.2) is 9.78 Å². The molecule has 100 valence electrons. The number of hydrogen-bond donors (Lipinski definition) is 0. The van der Waals surface area contributed by atoms with Gasteiger partial charge in [-0.1, -0.05) is 48.5 Å². The van der Waals surface area contributed by atoms with Crippen LogP contribution in [-0.4, -0.2) is 13.3 Å². The predicted molar refractivity (Wildman–Crippen MR) is 78.0 cm³/mol. The van der Waals surface area contributed by atoms with Crippen LogP contribution in [0.25, 0.3) is 5.57 Å². The second-order valence-corrected chi connectivity index (χ2v) is 5.13. The summed E-state index contributed by atoms with van der Waals surface area (Å²) in [5, 5.41) is 0. The third-order valence-electron chi connectivity index (χ3n) is 3.92. The fourth-order valence-corrected chi connectivity index (χ4v) is 2.88. The lowest BCUT2D eigenvalue weighted by atomic mass is 10.0. The van der Waals surface area contributed by atoms with E-state index in [1.54, 1.807) is 0 Å². The largest absolute Gasteiger partial charge is 0.342 e. The van der Waals surface area contributed by atoms with E-state index in [9.17, 15) is 0 Å². The van der Waals surface area contributed by atoms with E-state index in [0.717, 1.165) is 5.56 Å². The second kappa shape index (κ2) is 4.47. The summed E-state index contributed by atoms with van der Waals surface area (Å²) in [7, 11) is 2.02. The molecule has 2 aromatic rings. The van der Waals surface area contributed by atoms with E-state index in [0.29, 0.717) is 0 Å². The number of nitrogens with zero attached hydrogens (tertiary/aromatic N) is 1. The minimum atomic E-state index is -0.151. The van der Waals surface area contributed by atoms with Crippen LogP contribution in [0.3, 0.4) is 0 Å². The molecule has 0 saturated carbocycles. The molecular weight excluding hydrogens is 250 g/mol. The Morgan fingerprint density at radius 3 is 2.50 bits per heavy atom. The molecular formula is C17H15NO2. The Labute approximate surface area is 118 Å². The van der Waals surface area contributed by atoms with Crippen LogP contribution in [0, 0.1) is 0 Å². The third kappa shape index (κ3) is 1.68. The number of rotatable bonds is 1. The molecule has 0 spiro atoms. The van der Waals surface area contributed by atoms with Gasteiger partial charge in [-0.3, -0.25) is 0 Å². The van der Waals surface area contributed by atoms with Gasteiger partial charge in [0.1, 0.15) is 6.10 Å². The molecule has 2 heterocycles. The molecule has 0 aliphatic carbocycles. The lowest BCUT2D eigenvalue weighted by Gasteiger charge is -2.28. The highest BCUT2D eigenvalue weighted by atomic mass is 17.2. The molecule has 4 rings (SSSR count). The van der Waals surface area contributed by atoms with Gasteiger partial charge in [0, 0.05) is 23.9 Å². The Bertz CT molecular complexity index is 666. The minimum absolute atomic E-state index is 0.146. The number of anilines is 1.